The van der Waals surface area contributed by atoms with Crippen LogP contribution >= 0.6 is 11.3 Å². The lowest BCUT2D eigenvalue weighted by Crippen LogP contribution is -2.25. The van der Waals surface area contributed by atoms with Gasteiger partial charge in [-0.3, -0.25) is 14.9 Å². The van der Waals surface area contributed by atoms with Gasteiger partial charge < -0.3 is 5.32 Å². The van der Waals surface area contributed by atoms with Crippen LogP contribution in [0.15, 0.2) is 29.6 Å². The minimum atomic E-state index is -0.519. The number of hydrogen-bond donors (Lipinski definition) is 1. The molecule has 0 fully saturated rings. The van der Waals surface area contributed by atoms with E-state index in [4.69, 9.17) is 0 Å². The molecule has 1 heterocycles. The lowest BCUT2D eigenvalue weighted by molar-refractivity contribution is -0.384. The van der Waals surface area contributed by atoms with E-state index in [1.807, 2.05) is 12.3 Å². The van der Waals surface area contributed by atoms with Crippen molar-refractivity contribution in [1.29, 1.82) is 0 Å². The molecule has 0 saturated carbocycles. The number of carbonyl (C=O) groups excluding carboxylic acids is 1. The van der Waals surface area contributed by atoms with Crippen LogP contribution in [0.1, 0.15) is 21.1 Å². The minimum Gasteiger partial charge on any atom is -0.352 e. The third-order valence-corrected chi connectivity index (χ3v) is 3.64. The molecule has 0 bridgehead atoms. The lowest BCUT2D eigenvalue weighted by atomic mass is 10.2. The number of hydrogen-bond acceptors (Lipinski definition) is 5. The van der Waals surface area contributed by atoms with E-state index in [-0.39, 0.29) is 17.2 Å². The van der Waals surface area contributed by atoms with Gasteiger partial charge in [0.2, 0.25) is 0 Å². The Kier molecular flexibility index (Phi) is 4.41. The predicted octanol–water partition coefficient (Wildman–Crippen LogP) is 2.33. The molecule has 0 atom stereocenters. The zero-order valence-corrected chi connectivity index (χ0v) is 11.6. The van der Waals surface area contributed by atoms with Crippen LogP contribution in [0.2, 0.25) is 0 Å². The van der Waals surface area contributed by atoms with Gasteiger partial charge in [-0.25, -0.2) is 4.98 Å². The van der Waals surface area contributed by atoms with E-state index >= 15 is 0 Å². The fourth-order valence-electron chi connectivity index (χ4n) is 1.66. The van der Waals surface area contributed by atoms with Crippen LogP contribution in [0.4, 0.5) is 5.69 Å². The van der Waals surface area contributed by atoms with Crippen LogP contribution in [0, 0.1) is 17.0 Å². The second-order valence-corrected chi connectivity index (χ2v) is 5.14. The van der Waals surface area contributed by atoms with Crippen LogP contribution < -0.4 is 5.32 Å². The molecule has 2 aromatic rings. The van der Waals surface area contributed by atoms with Gasteiger partial charge in [0.15, 0.2) is 0 Å². The largest absolute Gasteiger partial charge is 0.352 e. The van der Waals surface area contributed by atoms with Crippen LogP contribution in [0.25, 0.3) is 0 Å². The Morgan fingerprint density at radius 1 is 1.50 bits per heavy atom. The van der Waals surface area contributed by atoms with E-state index in [0.717, 1.165) is 10.7 Å². The number of aryl methyl sites for hydroxylation is 1. The molecule has 1 amide bonds. The van der Waals surface area contributed by atoms with Gasteiger partial charge in [0.25, 0.3) is 11.6 Å². The lowest BCUT2D eigenvalue weighted by Gasteiger charge is -2.03. The normalized spacial score (nSPS) is 10.2. The highest BCUT2D eigenvalue weighted by atomic mass is 32.1. The number of thiazole rings is 1. The summed E-state index contributed by atoms with van der Waals surface area (Å²) in [6.45, 7) is 2.37. The first-order chi connectivity index (χ1) is 9.56. The van der Waals surface area contributed by atoms with Crippen molar-refractivity contribution in [3.05, 3.63) is 56.0 Å². The van der Waals surface area contributed by atoms with Gasteiger partial charge >= 0.3 is 0 Å². The Morgan fingerprint density at radius 2 is 2.30 bits per heavy atom. The summed E-state index contributed by atoms with van der Waals surface area (Å²) in [7, 11) is 0. The average Bonchev–Trinajstić information content (AvgIpc) is 2.84. The van der Waals surface area contributed by atoms with Crippen molar-refractivity contribution in [3.8, 4) is 0 Å². The van der Waals surface area contributed by atoms with Crippen molar-refractivity contribution < 1.29 is 9.72 Å². The summed E-state index contributed by atoms with van der Waals surface area (Å²) < 4.78 is 0. The topological polar surface area (TPSA) is 85.1 Å². The number of carbonyl (C=O) groups is 1. The van der Waals surface area contributed by atoms with Crippen LogP contribution in [0.3, 0.4) is 0 Å². The monoisotopic (exact) mass is 291 g/mol. The number of amides is 1. The molecule has 0 aliphatic heterocycles. The molecule has 2 rings (SSSR count). The number of benzene rings is 1. The number of nitrogens with one attached hydrogen (secondary N) is 1. The Bertz CT molecular complexity index is 639. The summed E-state index contributed by atoms with van der Waals surface area (Å²) in [5.74, 6) is -0.318. The van der Waals surface area contributed by atoms with Crippen molar-refractivity contribution in [2.45, 2.75) is 13.3 Å². The first-order valence-corrected chi connectivity index (χ1v) is 6.88. The van der Waals surface area contributed by atoms with Crippen LogP contribution in [-0.4, -0.2) is 22.4 Å². The van der Waals surface area contributed by atoms with E-state index in [2.05, 4.69) is 10.3 Å². The maximum atomic E-state index is 11.9. The summed E-state index contributed by atoms with van der Waals surface area (Å²) in [5, 5.41) is 16.3. The Morgan fingerprint density at radius 3 is 2.95 bits per heavy atom. The first kappa shape index (κ1) is 14.1. The van der Waals surface area contributed by atoms with Crippen molar-refractivity contribution >= 4 is 22.9 Å². The van der Waals surface area contributed by atoms with Gasteiger partial charge in [0.1, 0.15) is 0 Å². The van der Waals surface area contributed by atoms with E-state index in [0.29, 0.717) is 13.0 Å². The van der Waals surface area contributed by atoms with Crippen molar-refractivity contribution in [3.63, 3.8) is 0 Å². The molecule has 20 heavy (non-hydrogen) atoms. The van der Waals surface area contributed by atoms with Gasteiger partial charge in [-0.15, -0.1) is 11.3 Å². The molecule has 7 heteroatoms. The predicted molar refractivity (Wildman–Crippen MR) is 76.0 cm³/mol. The van der Waals surface area contributed by atoms with Crippen LogP contribution in [0.5, 0.6) is 0 Å². The molecule has 1 N–H and O–H groups in total. The molecule has 0 unspecified atom stereocenters. The third-order valence-electron chi connectivity index (χ3n) is 2.61. The van der Waals surface area contributed by atoms with Crippen molar-refractivity contribution in [1.82, 2.24) is 10.3 Å². The van der Waals surface area contributed by atoms with Crippen LogP contribution in [-0.2, 0) is 6.42 Å². The zero-order valence-electron chi connectivity index (χ0n) is 10.8. The zero-order chi connectivity index (χ0) is 14.5. The molecule has 0 aliphatic carbocycles. The highest BCUT2D eigenvalue weighted by Crippen LogP contribution is 2.13. The fraction of sp³-hybridized carbons (Fsp3) is 0.231. The van der Waals surface area contributed by atoms with E-state index < -0.39 is 4.92 Å². The Hall–Kier alpha value is -2.28. The number of rotatable bonds is 5. The summed E-state index contributed by atoms with van der Waals surface area (Å²) in [4.78, 5) is 26.3. The second-order valence-electron chi connectivity index (χ2n) is 4.20. The summed E-state index contributed by atoms with van der Waals surface area (Å²) in [5.41, 5.74) is 1.16. The van der Waals surface area contributed by atoms with E-state index in [9.17, 15) is 14.9 Å². The number of aromatic nitrogens is 1. The fourth-order valence-corrected chi connectivity index (χ4v) is 2.44. The molecule has 0 radical (unpaired) electrons. The Balaban J connectivity index is 1.91. The molecule has 6 nitrogen and oxygen atoms in total. The molecule has 1 aromatic heterocycles. The molecule has 0 saturated heterocycles. The summed E-state index contributed by atoms with van der Waals surface area (Å²) in [6, 6.07) is 5.67. The van der Waals surface area contributed by atoms with E-state index in [1.54, 1.807) is 17.4 Å². The Labute approximate surface area is 119 Å². The standard InChI is InChI=1S/C13H13N3O3S/c1-9-8-20-12(15-9)5-6-14-13(17)10-3-2-4-11(7-10)16(18)19/h2-4,7-8H,5-6H2,1H3,(H,14,17). The second kappa shape index (κ2) is 6.25. The highest BCUT2D eigenvalue weighted by molar-refractivity contribution is 7.09. The number of nitro benzene ring substituents is 1. The molecular weight excluding hydrogens is 278 g/mol. The average molecular weight is 291 g/mol. The third kappa shape index (κ3) is 3.61. The van der Waals surface area contributed by atoms with Crippen molar-refractivity contribution in [2.75, 3.05) is 6.54 Å². The quantitative estimate of drug-likeness (QED) is 0.676. The maximum Gasteiger partial charge on any atom is 0.270 e. The van der Waals surface area contributed by atoms with Gasteiger partial charge in [-0.2, -0.15) is 0 Å². The molecule has 1 aromatic carbocycles. The smallest absolute Gasteiger partial charge is 0.270 e. The summed E-state index contributed by atoms with van der Waals surface area (Å²) >= 11 is 1.55. The molecule has 0 aliphatic rings. The van der Waals surface area contributed by atoms with E-state index in [1.165, 1.54) is 18.2 Å². The maximum absolute atomic E-state index is 11.9. The first-order valence-electron chi connectivity index (χ1n) is 6.00. The highest BCUT2D eigenvalue weighted by Gasteiger charge is 2.11. The SMILES string of the molecule is Cc1csc(CCNC(=O)c2cccc([N+](=O)[O-])c2)n1. The number of nitrogens with zero attached hydrogens (tertiary/aromatic N) is 2. The van der Waals surface area contributed by atoms with Crippen molar-refractivity contribution in [2.24, 2.45) is 0 Å². The summed E-state index contributed by atoms with van der Waals surface area (Å²) in [6.07, 6.45) is 0.652. The van der Waals surface area contributed by atoms with Gasteiger partial charge in [-0.1, -0.05) is 6.07 Å². The minimum absolute atomic E-state index is 0.0896. The molecule has 104 valence electrons. The van der Waals surface area contributed by atoms with Gasteiger partial charge in [0, 0.05) is 41.7 Å². The number of nitro groups is 1. The van der Waals surface area contributed by atoms with Gasteiger partial charge in [-0.05, 0) is 13.0 Å². The number of non-ortho nitro benzene ring substituents is 1. The van der Waals surface area contributed by atoms with Gasteiger partial charge in [0.05, 0.1) is 9.93 Å². The molecule has 0 spiro atoms. The molecular formula is C13H13N3O3S.